The summed E-state index contributed by atoms with van der Waals surface area (Å²) >= 11 is 0. The minimum atomic E-state index is -0.699. The molecule has 2 amide bonds. The van der Waals surface area contributed by atoms with Crippen LogP contribution < -0.4 is 15.4 Å². The summed E-state index contributed by atoms with van der Waals surface area (Å²) in [5, 5.41) is 8.56. The molecule has 0 aromatic carbocycles. The van der Waals surface area contributed by atoms with E-state index in [0.717, 1.165) is 0 Å². The summed E-state index contributed by atoms with van der Waals surface area (Å²) in [5.74, 6) is 0.249. The molecule has 1 aliphatic rings. The van der Waals surface area contributed by atoms with Crippen molar-refractivity contribution in [3.8, 4) is 11.8 Å². The number of ether oxygens (including phenoxy) is 1. The molecule has 8 heteroatoms. The standard InChI is InChI=1S/C14H17N5O3/c1-9-14(21)19(8-12(20)18(2)7-3-6-15)13-10(22-9)4-5-11(16)17-13/h4-5,9H,3,7-8H2,1-2H3,(H2,16,17). The predicted molar refractivity (Wildman–Crippen MR) is 79.0 cm³/mol. The molecule has 0 aliphatic carbocycles. The highest BCUT2D eigenvalue weighted by atomic mass is 16.5. The number of rotatable bonds is 4. The number of nitrogens with zero attached hydrogens (tertiary/aromatic N) is 4. The summed E-state index contributed by atoms with van der Waals surface area (Å²) in [5.41, 5.74) is 5.64. The van der Waals surface area contributed by atoms with Crippen LogP contribution in [0.3, 0.4) is 0 Å². The molecule has 2 N–H and O–H groups in total. The highest BCUT2D eigenvalue weighted by Gasteiger charge is 2.34. The molecule has 0 fully saturated rings. The number of pyridine rings is 1. The Kier molecular flexibility index (Phi) is 4.46. The van der Waals surface area contributed by atoms with E-state index in [1.165, 1.54) is 9.80 Å². The van der Waals surface area contributed by atoms with Crippen LogP contribution >= 0.6 is 0 Å². The zero-order valence-electron chi connectivity index (χ0n) is 12.4. The van der Waals surface area contributed by atoms with Crippen LogP contribution in [0.1, 0.15) is 13.3 Å². The van der Waals surface area contributed by atoms with Gasteiger partial charge in [0.2, 0.25) is 5.91 Å². The van der Waals surface area contributed by atoms with E-state index in [4.69, 9.17) is 15.7 Å². The summed E-state index contributed by atoms with van der Waals surface area (Å²) in [7, 11) is 1.59. The van der Waals surface area contributed by atoms with Crippen LogP contribution in [0.15, 0.2) is 12.1 Å². The summed E-state index contributed by atoms with van der Waals surface area (Å²) in [6.45, 7) is 1.75. The van der Waals surface area contributed by atoms with Gasteiger partial charge in [-0.1, -0.05) is 0 Å². The summed E-state index contributed by atoms with van der Waals surface area (Å²) in [6.07, 6.45) is -0.465. The summed E-state index contributed by atoms with van der Waals surface area (Å²) in [6, 6.07) is 5.17. The lowest BCUT2D eigenvalue weighted by molar-refractivity contribution is -0.132. The van der Waals surface area contributed by atoms with Crippen LogP contribution in [0.25, 0.3) is 0 Å². The van der Waals surface area contributed by atoms with Crippen LogP contribution in [0, 0.1) is 11.3 Å². The van der Waals surface area contributed by atoms with Gasteiger partial charge in [0.05, 0.1) is 12.5 Å². The van der Waals surface area contributed by atoms with Crippen molar-refractivity contribution >= 4 is 23.5 Å². The Labute approximate surface area is 128 Å². The fraction of sp³-hybridized carbons (Fsp3) is 0.429. The van der Waals surface area contributed by atoms with Gasteiger partial charge in [0.15, 0.2) is 17.7 Å². The van der Waals surface area contributed by atoms with Crippen LogP contribution in [0.5, 0.6) is 5.75 Å². The van der Waals surface area contributed by atoms with E-state index in [2.05, 4.69) is 4.98 Å². The fourth-order valence-electron chi connectivity index (χ4n) is 2.05. The molecule has 2 rings (SSSR count). The van der Waals surface area contributed by atoms with E-state index in [-0.39, 0.29) is 36.4 Å². The molecule has 1 unspecified atom stereocenters. The summed E-state index contributed by atoms with van der Waals surface area (Å²) < 4.78 is 5.46. The second kappa shape index (κ2) is 6.30. The van der Waals surface area contributed by atoms with Gasteiger partial charge in [-0.2, -0.15) is 5.26 Å². The first-order valence-corrected chi connectivity index (χ1v) is 6.79. The van der Waals surface area contributed by atoms with E-state index < -0.39 is 6.10 Å². The van der Waals surface area contributed by atoms with Crippen molar-refractivity contribution in [2.75, 3.05) is 30.8 Å². The predicted octanol–water partition coefficient (Wildman–Crippen LogP) is 0.150. The van der Waals surface area contributed by atoms with Crippen LogP contribution in [0.4, 0.5) is 11.6 Å². The molecule has 0 saturated carbocycles. The first-order valence-electron chi connectivity index (χ1n) is 6.79. The maximum absolute atomic E-state index is 12.3. The number of hydrogen-bond donors (Lipinski definition) is 1. The van der Waals surface area contributed by atoms with Crippen LogP contribution in [0.2, 0.25) is 0 Å². The zero-order valence-corrected chi connectivity index (χ0v) is 12.4. The Bertz CT molecular complexity index is 640. The van der Waals surface area contributed by atoms with Crippen molar-refractivity contribution < 1.29 is 14.3 Å². The molecular weight excluding hydrogens is 286 g/mol. The fourth-order valence-corrected chi connectivity index (χ4v) is 2.05. The van der Waals surface area contributed by atoms with Gasteiger partial charge in [-0.25, -0.2) is 4.98 Å². The third-order valence-electron chi connectivity index (χ3n) is 3.31. The van der Waals surface area contributed by atoms with E-state index in [1.807, 2.05) is 6.07 Å². The second-order valence-electron chi connectivity index (χ2n) is 4.97. The average Bonchev–Trinajstić information content (AvgIpc) is 2.49. The molecule has 0 radical (unpaired) electrons. The lowest BCUT2D eigenvalue weighted by Crippen LogP contribution is -2.49. The molecule has 22 heavy (non-hydrogen) atoms. The molecule has 1 aliphatic heterocycles. The monoisotopic (exact) mass is 303 g/mol. The maximum atomic E-state index is 12.3. The lowest BCUT2D eigenvalue weighted by atomic mass is 10.2. The number of fused-ring (bicyclic) bond motifs is 1. The van der Waals surface area contributed by atoms with Gasteiger partial charge in [-0.3, -0.25) is 14.5 Å². The molecular formula is C14H17N5O3. The van der Waals surface area contributed by atoms with Crippen LogP contribution in [-0.4, -0.2) is 47.9 Å². The van der Waals surface area contributed by atoms with Crippen molar-refractivity contribution in [3.05, 3.63) is 12.1 Å². The third-order valence-corrected chi connectivity index (χ3v) is 3.31. The van der Waals surface area contributed by atoms with E-state index in [0.29, 0.717) is 12.3 Å². The van der Waals surface area contributed by atoms with Crippen molar-refractivity contribution in [1.82, 2.24) is 9.88 Å². The molecule has 0 spiro atoms. The SMILES string of the molecule is CC1Oc2ccc(N)nc2N(CC(=O)N(C)CCC#N)C1=O. The number of aromatic nitrogens is 1. The number of carbonyl (C=O) groups is 2. The maximum Gasteiger partial charge on any atom is 0.269 e. The second-order valence-corrected chi connectivity index (χ2v) is 4.97. The average molecular weight is 303 g/mol. The van der Waals surface area contributed by atoms with E-state index in [1.54, 1.807) is 26.1 Å². The largest absolute Gasteiger partial charge is 0.477 e. The lowest BCUT2D eigenvalue weighted by Gasteiger charge is -2.32. The molecule has 0 bridgehead atoms. The normalized spacial score (nSPS) is 16.5. The first kappa shape index (κ1) is 15.6. The third kappa shape index (κ3) is 3.09. The number of carbonyl (C=O) groups excluding carboxylic acids is 2. The van der Waals surface area contributed by atoms with Gasteiger partial charge >= 0.3 is 0 Å². The van der Waals surface area contributed by atoms with Crippen molar-refractivity contribution in [2.45, 2.75) is 19.4 Å². The number of likely N-dealkylation sites (N-methyl/N-ethyl adjacent to an activating group) is 1. The molecule has 0 saturated heterocycles. The van der Waals surface area contributed by atoms with Crippen molar-refractivity contribution in [1.29, 1.82) is 5.26 Å². The van der Waals surface area contributed by atoms with Gasteiger partial charge in [0, 0.05) is 13.6 Å². The minimum absolute atomic E-state index is 0.169. The number of hydrogen-bond acceptors (Lipinski definition) is 6. The molecule has 1 aromatic rings. The summed E-state index contributed by atoms with van der Waals surface area (Å²) in [4.78, 5) is 31.2. The Hall–Kier alpha value is -2.82. The number of anilines is 2. The van der Waals surface area contributed by atoms with E-state index in [9.17, 15) is 9.59 Å². The van der Waals surface area contributed by atoms with Crippen molar-refractivity contribution in [2.24, 2.45) is 0 Å². The smallest absolute Gasteiger partial charge is 0.269 e. The highest BCUT2D eigenvalue weighted by Crippen LogP contribution is 2.32. The Morgan fingerprint density at radius 2 is 2.32 bits per heavy atom. The van der Waals surface area contributed by atoms with Crippen molar-refractivity contribution in [3.63, 3.8) is 0 Å². The highest BCUT2D eigenvalue weighted by molar-refractivity contribution is 6.02. The van der Waals surface area contributed by atoms with Gasteiger partial charge in [-0.05, 0) is 19.1 Å². The Balaban J connectivity index is 2.22. The Morgan fingerprint density at radius 3 is 3.00 bits per heavy atom. The van der Waals surface area contributed by atoms with Gasteiger partial charge < -0.3 is 15.4 Å². The first-order chi connectivity index (χ1) is 10.4. The van der Waals surface area contributed by atoms with Gasteiger partial charge in [-0.15, -0.1) is 0 Å². The number of nitriles is 1. The number of amides is 2. The van der Waals surface area contributed by atoms with Gasteiger partial charge in [0.1, 0.15) is 12.4 Å². The van der Waals surface area contributed by atoms with Gasteiger partial charge in [0.25, 0.3) is 5.91 Å². The molecule has 2 heterocycles. The molecule has 8 nitrogen and oxygen atoms in total. The quantitative estimate of drug-likeness (QED) is 0.847. The molecule has 1 aromatic heterocycles. The van der Waals surface area contributed by atoms with E-state index >= 15 is 0 Å². The molecule has 1 atom stereocenters. The minimum Gasteiger partial charge on any atom is -0.477 e. The zero-order chi connectivity index (χ0) is 16.3. The topological polar surface area (TPSA) is 113 Å². The van der Waals surface area contributed by atoms with Crippen LogP contribution in [-0.2, 0) is 9.59 Å². The molecule has 116 valence electrons. The Morgan fingerprint density at radius 1 is 1.59 bits per heavy atom. The number of nitrogen functional groups attached to an aromatic ring is 1. The number of nitrogens with two attached hydrogens (primary N) is 1.